The predicted molar refractivity (Wildman–Crippen MR) is 62.8 cm³/mol. The van der Waals surface area contributed by atoms with E-state index in [0.717, 1.165) is 21.8 Å². The highest BCUT2D eigenvalue weighted by Gasteiger charge is 2.12. The minimum atomic E-state index is -1.41. The molecule has 3 N–H and O–H groups in total. The summed E-state index contributed by atoms with van der Waals surface area (Å²) in [4.78, 5) is 11.1. The highest BCUT2D eigenvalue weighted by molar-refractivity contribution is 7.18. The minimum absolute atomic E-state index is 0.122. The molecule has 2 rings (SSSR count). The van der Waals surface area contributed by atoms with Crippen LogP contribution in [0.25, 0.3) is 10.4 Å². The van der Waals surface area contributed by atoms with Crippen LogP contribution in [0.15, 0.2) is 30.3 Å². The Bertz CT molecular complexity index is 550. The molecule has 0 radical (unpaired) electrons. The fourth-order valence-electron chi connectivity index (χ4n) is 1.30. The number of benzene rings is 1. The van der Waals surface area contributed by atoms with Crippen LogP contribution in [0.1, 0.15) is 0 Å². The molecule has 0 unspecified atom stereocenters. The van der Waals surface area contributed by atoms with E-state index in [9.17, 15) is 9.18 Å². The summed E-state index contributed by atoms with van der Waals surface area (Å²) in [7, 11) is 0. The number of nitrogen functional groups attached to an aromatic ring is 1. The van der Waals surface area contributed by atoms with Crippen molar-refractivity contribution in [3.05, 3.63) is 36.1 Å². The van der Waals surface area contributed by atoms with E-state index >= 15 is 0 Å². The number of carboxylic acid groups (broad SMARTS) is 1. The van der Waals surface area contributed by atoms with Crippen molar-refractivity contribution in [2.45, 2.75) is 0 Å². The molecule has 0 amide bonds. The highest BCUT2D eigenvalue weighted by Crippen LogP contribution is 2.39. The Balaban J connectivity index is 2.34. The Hall–Kier alpha value is -2.08. The van der Waals surface area contributed by atoms with Crippen molar-refractivity contribution < 1.29 is 19.0 Å². The van der Waals surface area contributed by atoms with Crippen LogP contribution in [-0.2, 0) is 0 Å². The molecule has 0 atom stereocenters. The topological polar surface area (TPSA) is 72.5 Å². The summed E-state index contributed by atoms with van der Waals surface area (Å²) >= 11 is 1.10. The average Bonchev–Trinajstić information content (AvgIpc) is 2.60. The standard InChI is InChI=1S/C11H8FNO3S/c12-7-3-1-6(2-4-7)9-5-8(13)10(17-9)16-11(14)15/h1-5H,13H2,(H,14,15). The molecule has 1 aromatic heterocycles. The summed E-state index contributed by atoms with van der Waals surface area (Å²) in [5.74, 6) is -0.333. The van der Waals surface area contributed by atoms with E-state index in [1.54, 1.807) is 18.2 Å². The van der Waals surface area contributed by atoms with E-state index in [2.05, 4.69) is 4.74 Å². The number of thiophene rings is 1. The van der Waals surface area contributed by atoms with Crippen molar-refractivity contribution in [3.8, 4) is 15.5 Å². The summed E-state index contributed by atoms with van der Waals surface area (Å²) in [6.07, 6.45) is -1.41. The van der Waals surface area contributed by atoms with Gasteiger partial charge in [0.2, 0.25) is 5.06 Å². The first kappa shape index (κ1) is 11.4. The molecule has 1 aromatic carbocycles. The van der Waals surface area contributed by atoms with Gasteiger partial charge in [0, 0.05) is 4.88 Å². The van der Waals surface area contributed by atoms with Gasteiger partial charge in [0.1, 0.15) is 5.82 Å². The van der Waals surface area contributed by atoms with Gasteiger partial charge in [-0.2, -0.15) is 0 Å². The third kappa shape index (κ3) is 2.54. The fourth-order valence-corrected chi connectivity index (χ4v) is 2.23. The van der Waals surface area contributed by atoms with Crippen molar-refractivity contribution in [1.82, 2.24) is 0 Å². The summed E-state index contributed by atoms with van der Waals surface area (Å²) < 4.78 is 17.2. The SMILES string of the molecule is Nc1cc(-c2ccc(F)cc2)sc1OC(=O)O. The van der Waals surface area contributed by atoms with Crippen LogP contribution in [0.2, 0.25) is 0 Å². The quantitative estimate of drug-likeness (QED) is 0.806. The lowest BCUT2D eigenvalue weighted by Crippen LogP contribution is -2.02. The van der Waals surface area contributed by atoms with Gasteiger partial charge in [0.25, 0.3) is 0 Å². The molecule has 0 bridgehead atoms. The molecule has 0 aliphatic rings. The molecule has 17 heavy (non-hydrogen) atoms. The van der Waals surface area contributed by atoms with E-state index in [4.69, 9.17) is 10.8 Å². The Morgan fingerprint density at radius 3 is 2.59 bits per heavy atom. The van der Waals surface area contributed by atoms with Crippen molar-refractivity contribution in [1.29, 1.82) is 0 Å². The number of hydrogen-bond acceptors (Lipinski definition) is 4. The zero-order valence-corrected chi connectivity index (χ0v) is 9.33. The third-order valence-electron chi connectivity index (χ3n) is 2.03. The molecule has 0 aliphatic heterocycles. The molecule has 6 heteroatoms. The lowest BCUT2D eigenvalue weighted by Gasteiger charge is -1.96. The summed E-state index contributed by atoms with van der Waals surface area (Å²) in [5.41, 5.74) is 6.60. The molecule has 1 heterocycles. The number of halogens is 1. The Morgan fingerprint density at radius 1 is 1.35 bits per heavy atom. The number of hydrogen-bond donors (Lipinski definition) is 2. The Morgan fingerprint density at radius 2 is 2.00 bits per heavy atom. The van der Waals surface area contributed by atoms with Crippen LogP contribution in [0.4, 0.5) is 14.9 Å². The second kappa shape index (κ2) is 4.42. The summed E-state index contributed by atoms with van der Waals surface area (Å²) in [6, 6.07) is 7.42. The maximum atomic E-state index is 12.7. The number of anilines is 1. The molecule has 4 nitrogen and oxygen atoms in total. The second-order valence-electron chi connectivity index (χ2n) is 3.23. The first-order valence-electron chi connectivity index (χ1n) is 4.62. The van der Waals surface area contributed by atoms with E-state index in [1.807, 2.05) is 0 Å². The van der Waals surface area contributed by atoms with Gasteiger partial charge in [-0.1, -0.05) is 23.5 Å². The first-order valence-corrected chi connectivity index (χ1v) is 5.44. The number of carbonyl (C=O) groups is 1. The lowest BCUT2D eigenvalue weighted by atomic mass is 10.2. The molecule has 0 aliphatic carbocycles. The van der Waals surface area contributed by atoms with Crippen LogP contribution in [0.3, 0.4) is 0 Å². The maximum absolute atomic E-state index is 12.7. The van der Waals surface area contributed by atoms with Crippen LogP contribution >= 0.6 is 11.3 Å². The highest BCUT2D eigenvalue weighted by atomic mass is 32.1. The van der Waals surface area contributed by atoms with Gasteiger partial charge in [-0.25, -0.2) is 9.18 Å². The van der Waals surface area contributed by atoms with Crippen molar-refractivity contribution >= 4 is 23.2 Å². The maximum Gasteiger partial charge on any atom is 0.512 e. The fraction of sp³-hybridized carbons (Fsp3) is 0. The van der Waals surface area contributed by atoms with Crippen LogP contribution < -0.4 is 10.5 Å². The number of nitrogens with two attached hydrogens (primary N) is 1. The van der Waals surface area contributed by atoms with Gasteiger partial charge < -0.3 is 15.6 Å². The van der Waals surface area contributed by atoms with Gasteiger partial charge >= 0.3 is 6.16 Å². The minimum Gasteiger partial charge on any atom is -0.449 e. The van der Waals surface area contributed by atoms with Gasteiger partial charge in [-0.05, 0) is 23.8 Å². The number of rotatable bonds is 2. The van der Waals surface area contributed by atoms with Gasteiger partial charge in [-0.15, -0.1) is 0 Å². The van der Waals surface area contributed by atoms with Gasteiger partial charge in [0.05, 0.1) is 5.69 Å². The summed E-state index contributed by atoms with van der Waals surface area (Å²) in [5, 5.41) is 8.61. The molecule has 0 spiro atoms. The molecular formula is C11H8FNO3S. The molecule has 0 fully saturated rings. The predicted octanol–water partition coefficient (Wildman–Crippen LogP) is 3.19. The molecule has 2 aromatic rings. The third-order valence-corrected chi connectivity index (χ3v) is 3.11. The second-order valence-corrected chi connectivity index (χ2v) is 4.24. The Kier molecular flexibility index (Phi) is 2.97. The van der Waals surface area contributed by atoms with Gasteiger partial charge in [0.15, 0.2) is 0 Å². The average molecular weight is 253 g/mol. The van der Waals surface area contributed by atoms with Crippen LogP contribution in [-0.4, -0.2) is 11.3 Å². The number of ether oxygens (including phenoxy) is 1. The van der Waals surface area contributed by atoms with Crippen molar-refractivity contribution in [2.75, 3.05) is 5.73 Å². The molecule has 88 valence electrons. The smallest absolute Gasteiger partial charge is 0.449 e. The largest absolute Gasteiger partial charge is 0.512 e. The van der Waals surface area contributed by atoms with Crippen molar-refractivity contribution in [3.63, 3.8) is 0 Å². The zero-order chi connectivity index (χ0) is 12.4. The normalized spacial score (nSPS) is 10.2. The van der Waals surface area contributed by atoms with E-state index < -0.39 is 6.16 Å². The van der Waals surface area contributed by atoms with Crippen LogP contribution in [0.5, 0.6) is 5.06 Å². The van der Waals surface area contributed by atoms with E-state index in [0.29, 0.717) is 0 Å². The zero-order valence-electron chi connectivity index (χ0n) is 8.51. The molecular weight excluding hydrogens is 245 g/mol. The monoisotopic (exact) mass is 253 g/mol. The summed E-state index contributed by atoms with van der Waals surface area (Å²) in [6.45, 7) is 0. The van der Waals surface area contributed by atoms with Gasteiger partial charge in [-0.3, -0.25) is 0 Å². The van der Waals surface area contributed by atoms with E-state index in [-0.39, 0.29) is 16.6 Å². The van der Waals surface area contributed by atoms with E-state index in [1.165, 1.54) is 12.1 Å². The lowest BCUT2D eigenvalue weighted by molar-refractivity contribution is 0.146. The first-order chi connectivity index (χ1) is 8.06. The Labute approximate surface area is 100 Å². The van der Waals surface area contributed by atoms with Crippen LogP contribution in [0, 0.1) is 5.82 Å². The molecule has 0 saturated heterocycles. The molecule has 0 saturated carbocycles. The van der Waals surface area contributed by atoms with Crippen molar-refractivity contribution in [2.24, 2.45) is 0 Å².